The Labute approximate surface area is 84.9 Å². The van der Waals surface area contributed by atoms with Crippen molar-refractivity contribution in [3.63, 3.8) is 0 Å². The van der Waals surface area contributed by atoms with Gasteiger partial charge in [-0.2, -0.15) is 0 Å². The van der Waals surface area contributed by atoms with Gasteiger partial charge in [0.1, 0.15) is 0 Å². The fourth-order valence-corrected chi connectivity index (χ4v) is 0.531. The van der Waals surface area contributed by atoms with Gasteiger partial charge in [-0.25, -0.2) is 4.79 Å². The summed E-state index contributed by atoms with van der Waals surface area (Å²) in [6.45, 7) is 6.56. The molecule has 0 aromatic heterocycles. The van der Waals surface area contributed by atoms with Crippen molar-refractivity contribution in [1.29, 1.82) is 0 Å². The van der Waals surface area contributed by atoms with Crippen LogP contribution in [0.25, 0.3) is 0 Å². The molecule has 4 nitrogen and oxygen atoms in total. The van der Waals surface area contributed by atoms with Gasteiger partial charge in [0.15, 0.2) is 0 Å². The molecule has 4 heteroatoms. The van der Waals surface area contributed by atoms with Gasteiger partial charge in [0, 0.05) is 5.57 Å². The molecule has 0 aliphatic carbocycles. The first-order valence-electron chi connectivity index (χ1n) is 4.63. The molecule has 0 radical (unpaired) electrons. The summed E-state index contributed by atoms with van der Waals surface area (Å²) in [6.07, 6.45) is 2.32. The van der Waals surface area contributed by atoms with Gasteiger partial charge in [0.2, 0.25) is 0 Å². The number of aliphatic hydroxyl groups excluding tert-OH is 2. The summed E-state index contributed by atoms with van der Waals surface area (Å²) in [6, 6.07) is 0. The van der Waals surface area contributed by atoms with Gasteiger partial charge in [0.25, 0.3) is 0 Å². The summed E-state index contributed by atoms with van der Waals surface area (Å²) in [7, 11) is 0. The first-order valence-corrected chi connectivity index (χ1v) is 4.63. The second-order valence-corrected chi connectivity index (χ2v) is 3.06. The van der Waals surface area contributed by atoms with E-state index in [4.69, 9.17) is 15.3 Å². The summed E-state index contributed by atoms with van der Waals surface area (Å²) < 4.78 is 0. The molecule has 3 N–H and O–H groups in total. The highest BCUT2D eigenvalue weighted by Gasteiger charge is 1.97. The predicted octanol–water partition coefficient (Wildman–Crippen LogP) is 1.18. The average Bonchev–Trinajstić information content (AvgIpc) is 2.14. The molecule has 0 fully saturated rings. The lowest BCUT2D eigenvalue weighted by Crippen LogP contribution is -2.10. The van der Waals surface area contributed by atoms with Crippen LogP contribution in [-0.2, 0) is 4.79 Å². The van der Waals surface area contributed by atoms with Crippen molar-refractivity contribution in [3.8, 4) is 0 Å². The Morgan fingerprint density at radius 1 is 1.50 bits per heavy atom. The molecule has 0 saturated carbocycles. The van der Waals surface area contributed by atoms with E-state index in [0.717, 1.165) is 19.3 Å². The highest BCUT2D eigenvalue weighted by molar-refractivity contribution is 5.84. The van der Waals surface area contributed by atoms with Crippen LogP contribution in [0.1, 0.15) is 33.1 Å². The van der Waals surface area contributed by atoms with Crippen molar-refractivity contribution in [3.05, 3.63) is 12.2 Å². The van der Waals surface area contributed by atoms with Crippen molar-refractivity contribution in [2.75, 3.05) is 6.61 Å². The number of aliphatic carboxylic acids is 1. The van der Waals surface area contributed by atoms with Crippen molar-refractivity contribution >= 4 is 5.97 Å². The van der Waals surface area contributed by atoms with E-state index in [9.17, 15) is 4.79 Å². The molecule has 0 saturated heterocycles. The highest BCUT2D eigenvalue weighted by atomic mass is 16.4. The molecule has 1 atom stereocenters. The SMILES string of the molecule is C=C(C)C(=O)O.CCCCC(O)CO. The maximum absolute atomic E-state index is 9.60. The van der Waals surface area contributed by atoms with Gasteiger partial charge >= 0.3 is 5.97 Å². The van der Waals surface area contributed by atoms with E-state index in [-0.39, 0.29) is 12.2 Å². The summed E-state index contributed by atoms with van der Waals surface area (Å²) in [5.41, 5.74) is 0.176. The summed E-state index contributed by atoms with van der Waals surface area (Å²) in [5.74, 6) is -0.935. The van der Waals surface area contributed by atoms with E-state index in [0.29, 0.717) is 0 Å². The Bertz CT molecular complexity index is 154. The average molecular weight is 204 g/mol. The molecule has 0 bridgehead atoms. The van der Waals surface area contributed by atoms with Crippen LogP contribution in [0.15, 0.2) is 12.2 Å². The molecule has 0 heterocycles. The minimum Gasteiger partial charge on any atom is -0.478 e. The third-order valence-electron chi connectivity index (χ3n) is 1.47. The van der Waals surface area contributed by atoms with Gasteiger partial charge in [0.05, 0.1) is 12.7 Å². The van der Waals surface area contributed by atoms with E-state index in [1.54, 1.807) is 0 Å². The van der Waals surface area contributed by atoms with Crippen LogP contribution >= 0.6 is 0 Å². The number of unbranched alkanes of at least 4 members (excludes halogenated alkanes) is 1. The lowest BCUT2D eigenvalue weighted by Gasteiger charge is -2.02. The second-order valence-electron chi connectivity index (χ2n) is 3.06. The van der Waals surface area contributed by atoms with Crippen LogP contribution < -0.4 is 0 Å². The van der Waals surface area contributed by atoms with Gasteiger partial charge in [-0.3, -0.25) is 0 Å². The zero-order valence-electron chi connectivity index (χ0n) is 8.86. The number of aliphatic hydroxyl groups is 2. The Balaban J connectivity index is 0. The van der Waals surface area contributed by atoms with E-state index >= 15 is 0 Å². The topological polar surface area (TPSA) is 77.8 Å². The Morgan fingerprint density at radius 3 is 2.14 bits per heavy atom. The highest BCUT2D eigenvalue weighted by Crippen LogP contribution is 1.97. The summed E-state index contributed by atoms with van der Waals surface area (Å²) >= 11 is 0. The lowest BCUT2D eigenvalue weighted by atomic mass is 10.2. The largest absolute Gasteiger partial charge is 0.478 e. The number of hydrogen-bond donors (Lipinski definition) is 3. The lowest BCUT2D eigenvalue weighted by molar-refractivity contribution is -0.132. The van der Waals surface area contributed by atoms with Crippen LogP contribution in [0.4, 0.5) is 0 Å². The van der Waals surface area contributed by atoms with E-state index in [1.807, 2.05) is 0 Å². The molecule has 0 rings (SSSR count). The Morgan fingerprint density at radius 2 is 1.93 bits per heavy atom. The fourth-order valence-electron chi connectivity index (χ4n) is 0.531. The van der Waals surface area contributed by atoms with Gasteiger partial charge in [-0.1, -0.05) is 26.3 Å². The zero-order chi connectivity index (χ0) is 11.6. The smallest absolute Gasteiger partial charge is 0.330 e. The first-order chi connectivity index (χ1) is 6.45. The second kappa shape index (κ2) is 10.2. The minimum absolute atomic E-state index is 0.0972. The molecule has 0 aromatic carbocycles. The van der Waals surface area contributed by atoms with Crippen LogP contribution in [0, 0.1) is 0 Å². The molecule has 0 aliphatic rings. The molecule has 0 amide bonds. The number of carboxylic acids is 1. The van der Waals surface area contributed by atoms with Crippen LogP contribution in [0.5, 0.6) is 0 Å². The molecule has 0 aromatic rings. The zero-order valence-corrected chi connectivity index (χ0v) is 8.86. The minimum atomic E-state index is -0.935. The molecule has 84 valence electrons. The fraction of sp³-hybridized carbons (Fsp3) is 0.700. The van der Waals surface area contributed by atoms with Gasteiger partial charge < -0.3 is 15.3 Å². The van der Waals surface area contributed by atoms with E-state index < -0.39 is 12.1 Å². The first kappa shape index (κ1) is 15.6. The summed E-state index contributed by atoms with van der Waals surface area (Å²) in [4.78, 5) is 9.60. The monoisotopic (exact) mass is 204 g/mol. The maximum atomic E-state index is 9.60. The van der Waals surface area contributed by atoms with Crippen molar-refractivity contribution in [1.82, 2.24) is 0 Å². The van der Waals surface area contributed by atoms with Crippen LogP contribution in [0.2, 0.25) is 0 Å². The van der Waals surface area contributed by atoms with Crippen molar-refractivity contribution in [2.24, 2.45) is 0 Å². The molecule has 1 unspecified atom stereocenters. The van der Waals surface area contributed by atoms with Gasteiger partial charge in [-0.05, 0) is 13.3 Å². The molecular weight excluding hydrogens is 184 g/mol. The third kappa shape index (κ3) is 13.7. The molecule has 0 spiro atoms. The normalized spacial score (nSPS) is 11.1. The van der Waals surface area contributed by atoms with Crippen LogP contribution in [0.3, 0.4) is 0 Å². The standard InChI is InChI=1S/C6H14O2.C4H6O2/c1-2-3-4-6(8)5-7;1-3(2)4(5)6/h6-8H,2-5H2,1H3;1H2,2H3,(H,5,6). The van der Waals surface area contributed by atoms with E-state index in [1.165, 1.54) is 6.92 Å². The number of rotatable bonds is 5. The predicted molar refractivity (Wildman–Crippen MR) is 55.1 cm³/mol. The Hall–Kier alpha value is -0.870. The quantitative estimate of drug-likeness (QED) is 0.587. The molecular formula is C10H20O4. The number of carboxylic acid groups (broad SMARTS) is 1. The third-order valence-corrected chi connectivity index (χ3v) is 1.47. The van der Waals surface area contributed by atoms with Crippen LogP contribution in [-0.4, -0.2) is 34.0 Å². The molecule has 0 aliphatic heterocycles. The van der Waals surface area contributed by atoms with E-state index in [2.05, 4.69) is 13.5 Å². The van der Waals surface area contributed by atoms with Crippen molar-refractivity contribution in [2.45, 2.75) is 39.2 Å². The number of carbonyl (C=O) groups is 1. The van der Waals surface area contributed by atoms with Crippen molar-refractivity contribution < 1.29 is 20.1 Å². The number of hydrogen-bond acceptors (Lipinski definition) is 3. The molecule has 14 heavy (non-hydrogen) atoms. The summed E-state index contributed by atoms with van der Waals surface area (Å²) in [5, 5.41) is 24.9. The maximum Gasteiger partial charge on any atom is 0.330 e. The Kier molecular flexibility index (Phi) is 11.4. The van der Waals surface area contributed by atoms with Gasteiger partial charge in [-0.15, -0.1) is 0 Å².